The molecule has 0 saturated heterocycles. The third-order valence-corrected chi connectivity index (χ3v) is 3.20. The first-order valence-corrected chi connectivity index (χ1v) is 5.82. The van der Waals surface area contributed by atoms with E-state index in [1.54, 1.807) is 0 Å². The molecule has 0 atom stereocenters. The molecule has 18 heavy (non-hydrogen) atoms. The number of hydrogen-bond donors (Lipinski definition) is 1. The molecule has 0 fully saturated rings. The number of aliphatic hydroxyl groups is 1. The summed E-state index contributed by atoms with van der Waals surface area (Å²) < 4.78 is 0. The maximum absolute atomic E-state index is 10.8. The SMILES string of the molecule is O=Cc1ccc2cc3cc(CO)ccc3cc2c1. The van der Waals surface area contributed by atoms with E-state index in [-0.39, 0.29) is 6.61 Å². The topological polar surface area (TPSA) is 37.3 Å². The van der Waals surface area contributed by atoms with E-state index >= 15 is 0 Å². The monoisotopic (exact) mass is 236 g/mol. The van der Waals surface area contributed by atoms with E-state index < -0.39 is 0 Å². The minimum Gasteiger partial charge on any atom is -0.392 e. The molecule has 3 rings (SSSR count). The molecule has 2 heteroatoms. The van der Waals surface area contributed by atoms with Crippen LogP contribution >= 0.6 is 0 Å². The summed E-state index contributed by atoms with van der Waals surface area (Å²) in [5, 5.41) is 13.5. The Labute approximate surface area is 104 Å². The van der Waals surface area contributed by atoms with Crippen LogP contribution in [0.1, 0.15) is 15.9 Å². The van der Waals surface area contributed by atoms with Gasteiger partial charge in [-0.05, 0) is 51.4 Å². The van der Waals surface area contributed by atoms with E-state index in [1.165, 1.54) is 0 Å². The molecule has 1 N–H and O–H groups in total. The molecule has 0 aliphatic heterocycles. The predicted molar refractivity (Wildman–Crippen MR) is 72.8 cm³/mol. The molecule has 0 aliphatic rings. The van der Waals surface area contributed by atoms with Crippen LogP contribution < -0.4 is 0 Å². The van der Waals surface area contributed by atoms with Crippen molar-refractivity contribution in [2.75, 3.05) is 0 Å². The second-order valence-electron chi connectivity index (χ2n) is 4.42. The van der Waals surface area contributed by atoms with Crippen molar-refractivity contribution in [2.24, 2.45) is 0 Å². The smallest absolute Gasteiger partial charge is 0.150 e. The van der Waals surface area contributed by atoms with Crippen LogP contribution in [-0.4, -0.2) is 11.4 Å². The van der Waals surface area contributed by atoms with Crippen molar-refractivity contribution < 1.29 is 9.90 Å². The molecular formula is C16H12O2. The van der Waals surface area contributed by atoms with Crippen molar-refractivity contribution in [1.29, 1.82) is 0 Å². The van der Waals surface area contributed by atoms with Gasteiger partial charge in [0.25, 0.3) is 0 Å². The van der Waals surface area contributed by atoms with Crippen LogP contribution in [-0.2, 0) is 6.61 Å². The Morgan fingerprint density at radius 1 is 0.833 bits per heavy atom. The second kappa shape index (κ2) is 4.24. The summed E-state index contributed by atoms with van der Waals surface area (Å²) >= 11 is 0. The molecule has 0 bridgehead atoms. The molecule has 0 aliphatic carbocycles. The minimum absolute atomic E-state index is 0.0536. The molecule has 0 aromatic heterocycles. The highest BCUT2D eigenvalue weighted by atomic mass is 16.3. The van der Waals surface area contributed by atoms with E-state index in [1.807, 2.05) is 36.4 Å². The van der Waals surface area contributed by atoms with E-state index in [4.69, 9.17) is 5.11 Å². The first kappa shape index (κ1) is 10.9. The number of aldehydes is 1. The molecule has 0 heterocycles. The van der Waals surface area contributed by atoms with Gasteiger partial charge in [0.15, 0.2) is 0 Å². The first-order valence-electron chi connectivity index (χ1n) is 5.82. The molecule has 0 spiro atoms. The Balaban J connectivity index is 2.31. The summed E-state index contributed by atoms with van der Waals surface area (Å²) in [6.45, 7) is 0.0536. The van der Waals surface area contributed by atoms with E-state index in [9.17, 15) is 4.79 Å². The number of aliphatic hydroxyl groups excluding tert-OH is 1. The number of carbonyl (C=O) groups is 1. The lowest BCUT2D eigenvalue weighted by Gasteiger charge is -2.04. The van der Waals surface area contributed by atoms with Crippen molar-refractivity contribution >= 4 is 27.8 Å². The Kier molecular flexibility index (Phi) is 2.58. The van der Waals surface area contributed by atoms with Crippen LogP contribution in [0.25, 0.3) is 21.5 Å². The van der Waals surface area contributed by atoms with Crippen LogP contribution in [0.4, 0.5) is 0 Å². The van der Waals surface area contributed by atoms with E-state index in [0.29, 0.717) is 5.56 Å². The second-order valence-corrected chi connectivity index (χ2v) is 4.42. The zero-order chi connectivity index (χ0) is 12.5. The van der Waals surface area contributed by atoms with Gasteiger partial charge in [-0.1, -0.05) is 24.3 Å². The molecule has 0 amide bonds. The van der Waals surface area contributed by atoms with Gasteiger partial charge in [-0.2, -0.15) is 0 Å². The molecule has 3 aromatic carbocycles. The van der Waals surface area contributed by atoms with Crippen molar-refractivity contribution in [3.63, 3.8) is 0 Å². The number of carbonyl (C=O) groups excluding carboxylic acids is 1. The summed E-state index contributed by atoms with van der Waals surface area (Å²) in [7, 11) is 0. The van der Waals surface area contributed by atoms with Gasteiger partial charge in [-0.3, -0.25) is 4.79 Å². The Morgan fingerprint density at radius 2 is 1.50 bits per heavy atom. The summed E-state index contributed by atoms with van der Waals surface area (Å²) in [4.78, 5) is 10.8. The lowest BCUT2D eigenvalue weighted by Crippen LogP contribution is -1.84. The van der Waals surface area contributed by atoms with Crippen molar-refractivity contribution in [2.45, 2.75) is 6.61 Å². The molecule has 88 valence electrons. The third kappa shape index (κ3) is 1.77. The summed E-state index contributed by atoms with van der Waals surface area (Å²) in [6.07, 6.45) is 0.860. The van der Waals surface area contributed by atoms with Gasteiger partial charge in [0.05, 0.1) is 6.61 Å². The third-order valence-electron chi connectivity index (χ3n) is 3.20. The zero-order valence-corrected chi connectivity index (χ0v) is 9.76. The van der Waals surface area contributed by atoms with Gasteiger partial charge < -0.3 is 5.11 Å². The standard InChI is InChI=1S/C16H12O2/c17-9-11-1-3-13-7-16-6-12(10-18)2-4-14(16)8-15(13)5-11/h1-9,18H,10H2. The highest BCUT2D eigenvalue weighted by molar-refractivity contribution is 6.00. The summed E-state index contributed by atoms with van der Waals surface area (Å²) in [5.41, 5.74) is 1.60. The molecule has 2 nitrogen and oxygen atoms in total. The molecule has 0 radical (unpaired) electrons. The Hall–Kier alpha value is -2.19. The van der Waals surface area contributed by atoms with Gasteiger partial charge in [0.2, 0.25) is 0 Å². The number of fused-ring (bicyclic) bond motifs is 2. The molecule has 0 saturated carbocycles. The summed E-state index contributed by atoms with van der Waals surface area (Å²) in [6, 6.07) is 15.7. The zero-order valence-electron chi connectivity index (χ0n) is 9.76. The first-order chi connectivity index (χ1) is 8.80. The van der Waals surface area contributed by atoms with Crippen LogP contribution in [0.5, 0.6) is 0 Å². The largest absolute Gasteiger partial charge is 0.392 e. The van der Waals surface area contributed by atoms with Gasteiger partial charge in [0, 0.05) is 5.56 Å². The molecule has 0 unspecified atom stereocenters. The van der Waals surface area contributed by atoms with Crippen molar-refractivity contribution in [1.82, 2.24) is 0 Å². The fourth-order valence-electron chi connectivity index (χ4n) is 2.24. The maximum Gasteiger partial charge on any atom is 0.150 e. The molecule has 3 aromatic rings. The average molecular weight is 236 g/mol. The number of rotatable bonds is 2. The van der Waals surface area contributed by atoms with Crippen LogP contribution in [0.2, 0.25) is 0 Å². The van der Waals surface area contributed by atoms with Gasteiger partial charge in [-0.25, -0.2) is 0 Å². The lowest BCUT2D eigenvalue weighted by molar-refractivity contribution is 0.112. The van der Waals surface area contributed by atoms with E-state index in [2.05, 4.69) is 12.1 Å². The van der Waals surface area contributed by atoms with Crippen LogP contribution in [0.3, 0.4) is 0 Å². The van der Waals surface area contributed by atoms with Gasteiger partial charge in [-0.15, -0.1) is 0 Å². The Bertz CT molecular complexity index is 745. The highest BCUT2D eigenvalue weighted by Crippen LogP contribution is 2.24. The average Bonchev–Trinajstić information content (AvgIpc) is 2.43. The van der Waals surface area contributed by atoms with Gasteiger partial charge >= 0.3 is 0 Å². The summed E-state index contributed by atoms with van der Waals surface area (Å²) in [5.74, 6) is 0. The fourth-order valence-corrected chi connectivity index (χ4v) is 2.24. The van der Waals surface area contributed by atoms with Crippen LogP contribution in [0.15, 0.2) is 48.5 Å². The maximum atomic E-state index is 10.8. The molecular weight excluding hydrogens is 224 g/mol. The minimum atomic E-state index is 0.0536. The number of benzene rings is 3. The normalized spacial score (nSPS) is 10.9. The Morgan fingerprint density at radius 3 is 2.17 bits per heavy atom. The van der Waals surface area contributed by atoms with Crippen molar-refractivity contribution in [3.05, 3.63) is 59.7 Å². The van der Waals surface area contributed by atoms with E-state index in [0.717, 1.165) is 33.4 Å². The van der Waals surface area contributed by atoms with Crippen molar-refractivity contribution in [3.8, 4) is 0 Å². The number of hydrogen-bond acceptors (Lipinski definition) is 2. The van der Waals surface area contributed by atoms with Gasteiger partial charge in [0.1, 0.15) is 6.29 Å². The lowest BCUT2D eigenvalue weighted by atomic mass is 10.0. The van der Waals surface area contributed by atoms with Crippen LogP contribution in [0, 0.1) is 0 Å². The predicted octanol–water partition coefficient (Wildman–Crippen LogP) is 3.30. The fraction of sp³-hybridized carbons (Fsp3) is 0.0625. The highest BCUT2D eigenvalue weighted by Gasteiger charge is 2.00. The quantitative estimate of drug-likeness (QED) is 0.547.